The Balaban J connectivity index is 1.93. The quantitative estimate of drug-likeness (QED) is 0.787. The van der Waals surface area contributed by atoms with Crippen LogP contribution >= 0.6 is 11.6 Å². The van der Waals surface area contributed by atoms with E-state index in [1.54, 1.807) is 0 Å². The first-order valence-corrected chi connectivity index (χ1v) is 8.01. The molecule has 0 unspecified atom stereocenters. The number of imidazole rings is 1. The number of hydrogen-bond donors (Lipinski definition) is 1. The third-order valence-electron chi connectivity index (χ3n) is 4.21. The minimum absolute atomic E-state index is 0.453. The van der Waals surface area contributed by atoms with Crippen molar-refractivity contribution in [3.63, 3.8) is 0 Å². The van der Waals surface area contributed by atoms with E-state index in [4.69, 9.17) is 16.6 Å². The molecule has 0 aliphatic carbocycles. The third-order valence-corrected chi connectivity index (χ3v) is 4.45. The molecule has 1 N–H and O–H groups in total. The van der Waals surface area contributed by atoms with E-state index in [0.717, 1.165) is 53.6 Å². The number of benzene rings is 1. The molecule has 0 atom stereocenters. The Hall–Kier alpha value is -1.91. The first-order chi connectivity index (χ1) is 10.8. The molecule has 22 heavy (non-hydrogen) atoms. The number of hydrogen-bond acceptors (Lipinski definition) is 3. The Labute approximate surface area is 134 Å². The van der Waals surface area contributed by atoms with Gasteiger partial charge in [0, 0.05) is 17.1 Å². The predicted molar refractivity (Wildman–Crippen MR) is 88.7 cm³/mol. The van der Waals surface area contributed by atoms with Crippen molar-refractivity contribution >= 4 is 22.8 Å². The molecule has 0 saturated carbocycles. The molecule has 1 saturated heterocycles. The van der Waals surface area contributed by atoms with Crippen molar-refractivity contribution in [2.45, 2.75) is 18.8 Å². The number of piperidine rings is 1. The molecule has 1 aromatic carbocycles. The summed E-state index contributed by atoms with van der Waals surface area (Å²) in [5.74, 6) is 1.55. The van der Waals surface area contributed by atoms with E-state index in [-0.39, 0.29) is 0 Å². The van der Waals surface area contributed by atoms with Gasteiger partial charge in [-0.25, -0.2) is 9.97 Å². The second-order valence-corrected chi connectivity index (χ2v) is 6.09. The molecule has 0 amide bonds. The number of pyridine rings is 1. The average Bonchev–Trinajstić information content (AvgIpc) is 2.95. The molecule has 5 heteroatoms. The van der Waals surface area contributed by atoms with E-state index in [1.165, 1.54) is 0 Å². The van der Waals surface area contributed by atoms with Gasteiger partial charge in [-0.15, -0.1) is 0 Å². The Morgan fingerprint density at radius 1 is 1.14 bits per heavy atom. The van der Waals surface area contributed by atoms with Crippen molar-refractivity contribution in [3.05, 3.63) is 53.4 Å². The second kappa shape index (κ2) is 5.71. The maximum Gasteiger partial charge on any atom is 0.164 e. The van der Waals surface area contributed by atoms with Crippen molar-refractivity contribution in [2.24, 2.45) is 0 Å². The highest BCUT2D eigenvalue weighted by Crippen LogP contribution is 2.30. The predicted octanol–water partition coefficient (Wildman–Crippen LogP) is 3.54. The number of rotatable bonds is 2. The van der Waals surface area contributed by atoms with Crippen LogP contribution in [0, 0.1) is 0 Å². The highest BCUT2D eigenvalue weighted by atomic mass is 35.5. The van der Waals surface area contributed by atoms with Gasteiger partial charge in [-0.05, 0) is 56.3 Å². The van der Waals surface area contributed by atoms with Gasteiger partial charge < -0.3 is 5.32 Å². The van der Waals surface area contributed by atoms with Crippen LogP contribution in [0.25, 0.3) is 16.9 Å². The fourth-order valence-corrected chi connectivity index (χ4v) is 3.34. The van der Waals surface area contributed by atoms with Gasteiger partial charge in [-0.3, -0.25) is 4.57 Å². The SMILES string of the molecule is Clc1cccc(-n2c(C3CCNCC3)nc3cccnc32)c1. The second-order valence-electron chi connectivity index (χ2n) is 5.66. The van der Waals surface area contributed by atoms with Gasteiger partial charge in [0.15, 0.2) is 5.65 Å². The van der Waals surface area contributed by atoms with Gasteiger partial charge in [0.2, 0.25) is 0 Å². The van der Waals surface area contributed by atoms with Crippen molar-refractivity contribution in [3.8, 4) is 5.69 Å². The highest BCUT2D eigenvalue weighted by molar-refractivity contribution is 6.30. The lowest BCUT2D eigenvalue weighted by atomic mass is 9.97. The number of nitrogens with zero attached hydrogens (tertiary/aromatic N) is 3. The van der Waals surface area contributed by atoms with Gasteiger partial charge in [-0.2, -0.15) is 0 Å². The summed E-state index contributed by atoms with van der Waals surface area (Å²) in [6.45, 7) is 2.08. The summed E-state index contributed by atoms with van der Waals surface area (Å²) in [7, 11) is 0. The topological polar surface area (TPSA) is 42.7 Å². The summed E-state index contributed by atoms with van der Waals surface area (Å²) >= 11 is 6.19. The zero-order valence-corrected chi connectivity index (χ0v) is 12.9. The zero-order chi connectivity index (χ0) is 14.9. The summed E-state index contributed by atoms with van der Waals surface area (Å²) in [6.07, 6.45) is 4.02. The largest absolute Gasteiger partial charge is 0.317 e. The normalized spacial score (nSPS) is 16.2. The number of nitrogens with one attached hydrogen (secondary N) is 1. The van der Waals surface area contributed by atoms with Crippen LogP contribution in [0.3, 0.4) is 0 Å². The van der Waals surface area contributed by atoms with Gasteiger partial charge >= 0.3 is 0 Å². The van der Waals surface area contributed by atoms with Crippen LogP contribution in [0.5, 0.6) is 0 Å². The summed E-state index contributed by atoms with van der Waals surface area (Å²) in [4.78, 5) is 9.42. The lowest BCUT2D eigenvalue weighted by molar-refractivity contribution is 0.442. The fraction of sp³-hybridized carbons (Fsp3) is 0.294. The van der Waals surface area contributed by atoms with Crippen LogP contribution in [-0.4, -0.2) is 27.6 Å². The number of aromatic nitrogens is 3. The maximum absolute atomic E-state index is 6.19. The van der Waals surface area contributed by atoms with Crippen molar-refractivity contribution in [1.29, 1.82) is 0 Å². The summed E-state index contributed by atoms with van der Waals surface area (Å²) in [5.41, 5.74) is 2.87. The Morgan fingerprint density at radius 2 is 2.00 bits per heavy atom. The standard InChI is InChI=1S/C17H17ClN4/c18-13-3-1-4-14(11-13)22-16(12-6-9-19-10-7-12)21-15-5-2-8-20-17(15)22/h1-5,8,11-12,19H,6-7,9-10H2. The molecule has 1 fully saturated rings. The van der Waals surface area contributed by atoms with Gasteiger partial charge in [-0.1, -0.05) is 17.7 Å². The summed E-state index contributed by atoms with van der Waals surface area (Å²) in [6, 6.07) is 11.9. The van der Waals surface area contributed by atoms with Crippen LogP contribution in [0.2, 0.25) is 5.02 Å². The van der Waals surface area contributed by atoms with Crippen LogP contribution < -0.4 is 5.32 Å². The minimum atomic E-state index is 0.453. The van der Waals surface area contributed by atoms with Crippen LogP contribution in [0.1, 0.15) is 24.6 Å². The molecular formula is C17H17ClN4. The molecule has 3 heterocycles. The molecule has 4 rings (SSSR count). The van der Waals surface area contributed by atoms with Gasteiger partial charge in [0.25, 0.3) is 0 Å². The summed E-state index contributed by atoms with van der Waals surface area (Å²) < 4.78 is 2.16. The average molecular weight is 313 g/mol. The lowest BCUT2D eigenvalue weighted by Crippen LogP contribution is -2.28. The fourth-order valence-electron chi connectivity index (χ4n) is 3.15. The van der Waals surface area contributed by atoms with Crippen LogP contribution in [0.15, 0.2) is 42.6 Å². The molecule has 3 aromatic rings. The first-order valence-electron chi connectivity index (χ1n) is 7.63. The van der Waals surface area contributed by atoms with E-state index in [1.807, 2.05) is 36.5 Å². The van der Waals surface area contributed by atoms with Crippen molar-refractivity contribution in [2.75, 3.05) is 13.1 Å². The van der Waals surface area contributed by atoms with Crippen LogP contribution in [0.4, 0.5) is 0 Å². The third kappa shape index (κ3) is 2.38. The van der Waals surface area contributed by atoms with Gasteiger partial charge in [0.1, 0.15) is 11.3 Å². The van der Waals surface area contributed by atoms with E-state index >= 15 is 0 Å². The van der Waals surface area contributed by atoms with E-state index in [0.29, 0.717) is 5.92 Å². The van der Waals surface area contributed by atoms with Crippen LogP contribution in [-0.2, 0) is 0 Å². The minimum Gasteiger partial charge on any atom is -0.317 e. The maximum atomic E-state index is 6.19. The lowest BCUT2D eigenvalue weighted by Gasteiger charge is -2.23. The van der Waals surface area contributed by atoms with Crippen molar-refractivity contribution < 1.29 is 0 Å². The molecule has 0 radical (unpaired) electrons. The van der Waals surface area contributed by atoms with Crippen molar-refractivity contribution in [1.82, 2.24) is 19.9 Å². The Kier molecular flexibility index (Phi) is 3.56. The first kappa shape index (κ1) is 13.7. The van der Waals surface area contributed by atoms with E-state index < -0.39 is 0 Å². The molecule has 1 aliphatic heterocycles. The number of halogens is 1. The zero-order valence-electron chi connectivity index (χ0n) is 12.2. The monoisotopic (exact) mass is 312 g/mol. The molecule has 2 aromatic heterocycles. The molecule has 4 nitrogen and oxygen atoms in total. The highest BCUT2D eigenvalue weighted by Gasteiger charge is 2.23. The smallest absolute Gasteiger partial charge is 0.164 e. The van der Waals surface area contributed by atoms with Gasteiger partial charge in [0.05, 0.1) is 5.69 Å². The van der Waals surface area contributed by atoms with E-state index in [2.05, 4.69) is 20.9 Å². The van der Waals surface area contributed by atoms with E-state index in [9.17, 15) is 0 Å². The molecule has 112 valence electrons. The number of fused-ring (bicyclic) bond motifs is 1. The Morgan fingerprint density at radius 3 is 2.82 bits per heavy atom. The molecule has 1 aliphatic rings. The summed E-state index contributed by atoms with van der Waals surface area (Å²) in [5, 5.41) is 4.14. The Bertz CT molecular complexity index is 805. The molecular weight excluding hydrogens is 296 g/mol. The molecule has 0 bridgehead atoms. The molecule has 0 spiro atoms.